The van der Waals surface area contributed by atoms with Gasteiger partial charge in [0.05, 0.1) is 12.4 Å². The van der Waals surface area contributed by atoms with Gasteiger partial charge < -0.3 is 14.5 Å². The summed E-state index contributed by atoms with van der Waals surface area (Å²) in [6, 6.07) is 10.9. The van der Waals surface area contributed by atoms with E-state index in [-0.39, 0.29) is 11.9 Å². The second-order valence-corrected chi connectivity index (χ2v) is 6.50. The van der Waals surface area contributed by atoms with Crippen LogP contribution >= 0.6 is 0 Å². The number of para-hydroxylation sites is 1. The largest absolute Gasteiger partial charge is 0.351 e. The van der Waals surface area contributed by atoms with E-state index in [1.54, 1.807) is 6.20 Å². The molecule has 2 aromatic heterocycles. The third-order valence-electron chi connectivity index (χ3n) is 4.99. The summed E-state index contributed by atoms with van der Waals surface area (Å²) in [7, 11) is 0. The standard InChI is InChI=1S/C19H22N4O/c24-19(9-12-22-11-8-15-4-1-2-6-17(15)22)21-16-5-3-7-18(16)23-13-10-20-14-23/h1-2,4,6,8,10-11,13-14,16,18H,3,5,7,9,12H2,(H,21,24)/t16-,18+/m0/s1. The topological polar surface area (TPSA) is 51.9 Å². The third-order valence-corrected chi connectivity index (χ3v) is 4.99. The summed E-state index contributed by atoms with van der Waals surface area (Å²) >= 11 is 0. The van der Waals surface area contributed by atoms with Crippen molar-refractivity contribution in [1.82, 2.24) is 19.4 Å². The van der Waals surface area contributed by atoms with Crippen LogP contribution in [0.1, 0.15) is 31.7 Å². The van der Waals surface area contributed by atoms with E-state index in [1.807, 2.05) is 24.7 Å². The van der Waals surface area contributed by atoms with E-state index >= 15 is 0 Å². The summed E-state index contributed by atoms with van der Waals surface area (Å²) in [5, 5.41) is 4.44. The molecule has 0 spiro atoms. The maximum absolute atomic E-state index is 12.4. The molecule has 0 aliphatic heterocycles. The molecule has 1 fully saturated rings. The number of nitrogens with zero attached hydrogens (tertiary/aromatic N) is 3. The highest BCUT2D eigenvalue weighted by atomic mass is 16.1. The Bertz CT molecular complexity index is 821. The van der Waals surface area contributed by atoms with Crippen LogP contribution in [0, 0.1) is 0 Å². The number of aryl methyl sites for hydroxylation is 1. The van der Waals surface area contributed by atoms with E-state index in [2.05, 4.69) is 43.8 Å². The van der Waals surface area contributed by atoms with E-state index in [9.17, 15) is 4.79 Å². The molecule has 24 heavy (non-hydrogen) atoms. The number of nitrogens with one attached hydrogen (secondary N) is 1. The molecule has 124 valence electrons. The molecule has 0 bridgehead atoms. The first-order valence-electron chi connectivity index (χ1n) is 8.62. The molecular weight excluding hydrogens is 300 g/mol. The van der Waals surface area contributed by atoms with Crippen molar-refractivity contribution in [3.63, 3.8) is 0 Å². The highest BCUT2D eigenvalue weighted by Gasteiger charge is 2.29. The van der Waals surface area contributed by atoms with Crippen molar-refractivity contribution in [3.05, 3.63) is 55.2 Å². The minimum Gasteiger partial charge on any atom is -0.351 e. The lowest BCUT2D eigenvalue weighted by Gasteiger charge is -2.22. The van der Waals surface area contributed by atoms with Crippen molar-refractivity contribution in [2.24, 2.45) is 0 Å². The average Bonchev–Trinajstić information content (AvgIpc) is 3.33. The molecule has 2 atom stereocenters. The Morgan fingerprint density at radius 1 is 1.21 bits per heavy atom. The molecule has 1 aromatic carbocycles. The zero-order chi connectivity index (χ0) is 16.4. The predicted octanol–water partition coefficient (Wildman–Crippen LogP) is 3.14. The molecule has 0 radical (unpaired) electrons. The Kier molecular flexibility index (Phi) is 4.07. The van der Waals surface area contributed by atoms with Crippen molar-refractivity contribution in [1.29, 1.82) is 0 Å². The van der Waals surface area contributed by atoms with Crippen LogP contribution in [0.5, 0.6) is 0 Å². The number of carbonyl (C=O) groups excluding carboxylic acids is 1. The van der Waals surface area contributed by atoms with Gasteiger partial charge in [0.25, 0.3) is 0 Å². The van der Waals surface area contributed by atoms with Gasteiger partial charge in [-0.15, -0.1) is 0 Å². The van der Waals surface area contributed by atoms with Gasteiger partial charge in [0, 0.05) is 43.1 Å². The number of amides is 1. The van der Waals surface area contributed by atoms with Crippen molar-refractivity contribution in [2.45, 2.75) is 44.3 Å². The number of benzene rings is 1. The first-order chi connectivity index (χ1) is 11.8. The van der Waals surface area contributed by atoms with Crippen molar-refractivity contribution >= 4 is 16.8 Å². The van der Waals surface area contributed by atoms with Gasteiger partial charge in [0.1, 0.15) is 0 Å². The molecule has 0 unspecified atom stereocenters. The molecule has 1 aliphatic carbocycles. The molecule has 1 aliphatic rings. The van der Waals surface area contributed by atoms with Crippen molar-refractivity contribution in [2.75, 3.05) is 0 Å². The highest BCUT2D eigenvalue weighted by Crippen LogP contribution is 2.30. The van der Waals surface area contributed by atoms with Crippen LogP contribution in [-0.2, 0) is 11.3 Å². The average molecular weight is 322 g/mol. The SMILES string of the molecule is O=C(CCn1ccc2ccccc21)N[C@H]1CCC[C@H]1n1ccnc1. The minimum absolute atomic E-state index is 0.129. The van der Waals surface area contributed by atoms with Crippen LogP contribution in [-0.4, -0.2) is 26.1 Å². The second kappa shape index (κ2) is 6.51. The number of hydrogen-bond donors (Lipinski definition) is 1. The lowest BCUT2D eigenvalue weighted by Crippen LogP contribution is -2.38. The molecular formula is C19H22N4O. The van der Waals surface area contributed by atoms with Gasteiger partial charge in [-0.25, -0.2) is 4.98 Å². The van der Waals surface area contributed by atoms with E-state index in [0.29, 0.717) is 19.0 Å². The van der Waals surface area contributed by atoms with Crippen LogP contribution in [0.2, 0.25) is 0 Å². The smallest absolute Gasteiger partial charge is 0.222 e. The van der Waals surface area contributed by atoms with Crippen molar-refractivity contribution < 1.29 is 4.79 Å². The molecule has 1 amide bonds. The van der Waals surface area contributed by atoms with E-state index in [0.717, 1.165) is 19.3 Å². The van der Waals surface area contributed by atoms with Crippen LogP contribution in [0.3, 0.4) is 0 Å². The Balaban J connectivity index is 1.36. The first kappa shape index (κ1) is 15.0. The number of imidazole rings is 1. The normalized spacial score (nSPS) is 20.5. The monoisotopic (exact) mass is 322 g/mol. The van der Waals surface area contributed by atoms with Gasteiger partial charge in [-0.05, 0) is 36.8 Å². The van der Waals surface area contributed by atoms with E-state index < -0.39 is 0 Å². The van der Waals surface area contributed by atoms with Crippen LogP contribution in [0.4, 0.5) is 0 Å². The Labute approximate surface area is 141 Å². The van der Waals surface area contributed by atoms with Gasteiger partial charge >= 0.3 is 0 Å². The Morgan fingerprint density at radius 3 is 3.00 bits per heavy atom. The lowest BCUT2D eigenvalue weighted by molar-refractivity contribution is -0.122. The fourth-order valence-electron chi connectivity index (χ4n) is 3.77. The van der Waals surface area contributed by atoms with Gasteiger partial charge in [-0.1, -0.05) is 18.2 Å². The maximum atomic E-state index is 12.4. The Morgan fingerprint density at radius 2 is 2.12 bits per heavy atom. The fourth-order valence-corrected chi connectivity index (χ4v) is 3.77. The van der Waals surface area contributed by atoms with Gasteiger partial charge in [-0.2, -0.15) is 0 Å². The molecule has 2 heterocycles. The number of hydrogen-bond acceptors (Lipinski definition) is 2. The quantitative estimate of drug-likeness (QED) is 0.784. The minimum atomic E-state index is 0.129. The fraction of sp³-hybridized carbons (Fsp3) is 0.368. The molecule has 1 N–H and O–H groups in total. The lowest BCUT2D eigenvalue weighted by atomic mass is 10.1. The summed E-state index contributed by atoms with van der Waals surface area (Å²) < 4.78 is 4.27. The molecule has 5 heteroatoms. The zero-order valence-electron chi connectivity index (χ0n) is 13.6. The second-order valence-electron chi connectivity index (χ2n) is 6.50. The number of rotatable bonds is 5. The van der Waals surface area contributed by atoms with Crippen molar-refractivity contribution in [3.8, 4) is 0 Å². The summed E-state index contributed by atoms with van der Waals surface area (Å²) in [4.78, 5) is 16.5. The summed E-state index contributed by atoms with van der Waals surface area (Å²) in [6.45, 7) is 0.710. The molecule has 4 rings (SSSR count). The molecule has 1 saturated carbocycles. The number of carbonyl (C=O) groups is 1. The highest BCUT2D eigenvalue weighted by molar-refractivity contribution is 5.80. The zero-order valence-corrected chi connectivity index (χ0v) is 13.6. The molecule has 0 saturated heterocycles. The van der Waals surface area contributed by atoms with E-state index in [1.165, 1.54) is 10.9 Å². The summed E-state index contributed by atoms with van der Waals surface area (Å²) in [5.74, 6) is 0.129. The van der Waals surface area contributed by atoms with Gasteiger partial charge in [-0.3, -0.25) is 4.79 Å². The maximum Gasteiger partial charge on any atom is 0.222 e. The molecule has 3 aromatic rings. The van der Waals surface area contributed by atoms with Crippen LogP contribution in [0.25, 0.3) is 10.9 Å². The van der Waals surface area contributed by atoms with Gasteiger partial charge in [0.2, 0.25) is 5.91 Å². The van der Waals surface area contributed by atoms with Gasteiger partial charge in [0.15, 0.2) is 0 Å². The summed E-state index contributed by atoms with van der Waals surface area (Å²) in [6.07, 6.45) is 11.5. The predicted molar refractivity (Wildman–Crippen MR) is 93.6 cm³/mol. The van der Waals surface area contributed by atoms with Crippen LogP contribution in [0.15, 0.2) is 55.2 Å². The number of aromatic nitrogens is 3. The Hall–Kier alpha value is -2.56. The number of fused-ring (bicyclic) bond motifs is 1. The first-order valence-corrected chi connectivity index (χ1v) is 8.62. The van der Waals surface area contributed by atoms with Crippen LogP contribution < -0.4 is 5.32 Å². The van der Waals surface area contributed by atoms with E-state index in [4.69, 9.17) is 0 Å². The summed E-state index contributed by atoms with van der Waals surface area (Å²) in [5.41, 5.74) is 1.18. The molecule has 5 nitrogen and oxygen atoms in total. The third kappa shape index (κ3) is 2.94.